The minimum absolute atomic E-state index is 0.0410. The summed E-state index contributed by atoms with van der Waals surface area (Å²) in [5.41, 5.74) is 0.533. The van der Waals surface area contributed by atoms with Crippen LogP contribution in [-0.2, 0) is 4.79 Å². The number of amides is 1. The molecule has 0 bridgehead atoms. The zero-order valence-corrected chi connectivity index (χ0v) is 10.9. The molecule has 1 aromatic carbocycles. The van der Waals surface area contributed by atoms with Crippen LogP contribution >= 0.6 is 23.2 Å². The predicted octanol–water partition coefficient (Wildman–Crippen LogP) is 0.876. The number of nitrogens with one attached hydrogen (secondary N) is 1. The second-order valence-electron chi connectivity index (χ2n) is 3.65. The second-order valence-corrected chi connectivity index (χ2v) is 4.49. The quantitative estimate of drug-likeness (QED) is 0.748. The van der Waals surface area contributed by atoms with Crippen LogP contribution in [0, 0.1) is 0 Å². The highest BCUT2D eigenvalue weighted by Gasteiger charge is 2.16. The van der Waals surface area contributed by atoms with Crippen LogP contribution in [0.3, 0.4) is 0 Å². The molecule has 17 heavy (non-hydrogen) atoms. The van der Waals surface area contributed by atoms with E-state index in [1.807, 2.05) is 0 Å². The summed E-state index contributed by atoms with van der Waals surface area (Å²) in [7, 11) is 0. The Hall–Kier alpha value is -0.810. The van der Waals surface area contributed by atoms with E-state index in [4.69, 9.17) is 28.3 Å². The Morgan fingerprint density at radius 2 is 2.24 bits per heavy atom. The number of carbonyl (C=O) groups excluding carboxylic acids is 1. The summed E-state index contributed by atoms with van der Waals surface area (Å²) >= 11 is 11.7. The van der Waals surface area contributed by atoms with Crippen molar-refractivity contribution in [3.05, 3.63) is 28.2 Å². The van der Waals surface area contributed by atoms with E-state index < -0.39 is 0 Å². The first-order chi connectivity index (χ1) is 8.04. The lowest BCUT2D eigenvalue weighted by Gasteiger charge is -2.11. The second kappa shape index (κ2) is 6.81. The molecule has 94 valence electrons. The molecule has 0 radical (unpaired) electrons. The zero-order valence-electron chi connectivity index (χ0n) is 9.41. The number of benzene rings is 1. The number of aliphatic hydroxyl groups excluding tert-OH is 1. The maximum atomic E-state index is 11.7. The number of anilines is 1. The van der Waals surface area contributed by atoms with Gasteiger partial charge in [0, 0.05) is 5.02 Å². The topological polar surface area (TPSA) is 65.9 Å². The van der Waals surface area contributed by atoms with E-state index >= 15 is 0 Å². The van der Waals surface area contributed by atoms with Crippen molar-refractivity contribution < 1.29 is 15.2 Å². The van der Waals surface area contributed by atoms with Crippen molar-refractivity contribution in [2.45, 2.75) is 13.0 Å². The van der Waals surface area contributed by atoms with Gasteiger partial charge >= 0.3 is 0 Å². The van der Waals surface area contributed by atoms with Crippen LogP contribution in [0.2, 0.25) is 10.0 Å². The molecule has 1 atom stereocenters. The van der Waals surface area contributed by atoms with Gasteiger partial charge in [-0.2, -0.15) is 0 Å². The minimum atomic E-state index is -0.283. The average molecular weight is 278 g/mol. The Morgan fingerprint density at radius 1 is 1.53 bits per heavy atom. The number of rotatable bonds is 5. The molecular formula is C11H15Cl2N2O2+. The molecule has 0 saturated carbocycles. The molecule has 0 spiro atoms. The van der Waals surface area contributed by atoms with E-state index in [0.29, 0.717) is 22.3 Å². The van der Waals surface area contributed by atoms with Crippen LogP contribution in [-0.4, -0.2) is 30.2 Å². The lowest BCUT2D eigenvalue weighted by atomic mass is 10.2. The number of nitrogens with two attached hydrogens (primary N) is 1. The van der Waals surface area contributed by atoms with Crippen molar-refractivity contribution >= 4 is 34.8 Å². The van der Waals surface area contributed by atoms with Gasteiger partial charge in [0.05, 0.1) is 23.9 Å². The van der Waals surface area contributed by atoms with Gasteiger partial charge in [-0.05, 0) is 25.1 Å². The first-order valence-electron chi connectivity index (χ1n) is 5.24. The summed E-state index contributed by atoms with van der Waals surface area (Å²) in [6.45, 7) is 2.29. The Labute approximate surface area is 110 Å². The Balaban J connectivity index is 2.61. The van der Waals surface area contributed by atoms with Gasteiger partial charge in [0.15, 0.2) is 6.04 Å². The average Bonchev–Trinajstić information content (AvgIpc) is 2.29. The maximum absolute atomic E-state index is 11.7. The molecule has 0 heterocycles. The third-order valence-corrected chi connectivity index (χ3v) is 2.80. The van der Waals surface area contributed by atoms with Gasteiger partial charge in [0.2, 0.25) is 0 Å². The normalized spacial score (nSPS) is 12.2. The first kappa shape index (κ1) is 14.3. The van der Waals surface area contributed by atoms with Crippen molar-refractivity contribution in [2.75, 3.05) is 18.5 Å². The fourth-order valence-corrected chi connectivity index (χ4v) is 1.72. The summed E-state index contributed by atoms with van der Waals surface area (Å²) in [5.74, 6) is -0.164. The number of quaternary nitrogens is 1. The Kier molecular flexibility index (Phi) is 5.71. The predicted molar refractivity (Wildman–Crippen MR) is 68.4 cm³/mol. The van der Waals surface area contributed by atoms with Gasteiger partial charge in [-0.1, -0.05) is 23.2 Å². The van der Waals surface area contributed by atoms with Crippen LogP contribution in [0.5, 0.6) is 0 Å². The van der Waals surface area contributed by atoms with Gasteiger partial charge in [0.25, 0.3) is 5.91 Å². The highest BCUT2D eigenvalue weighted by atomic mass is 35.5. The largest absolute Gasteiger partial charge is 0.391 e. The molecule has 1 aromatic rings. The fraction of sp³-hybridized carbons (Fsp3) is 0.364. The summed E-state index contributed by atoms with van der Waals surface area (Å²) in [6.07, 6.45) is 0. The van der Waals surface area contributed by atoms with Crippen LogP contribution < -0.4 is 10.6 Å². The number of hydrogen-bond donors (Lipinski definition) is 3. The standard InChI is InChI=1S/C11H14Cl2N2O2/c1-7(14-4-5-16)11(17)15-10-3-2-8(12)6-9(10)13/h2-3,6-7,14,16H,4-5H2,1H3,(H,15,17)/p+1/t7-/m1/s1. The molecule has 0 aliphatic rings. The smallest absolute Gasteiger partial charge is 0.282 e. The van der Waals surface area contributed by atoms with Gasteiger partial charge < -0.3 is 15.7 Å². The molecule has 0 saturated heterocycles. The van der Waals surface area contributed by atoms with Crippen molar-refractivity contribution in [3.63, 3.8) is 0 Å². The third kappa shape index (κ3) is 4.52. The van der Waals surface area contributed by atoms with Crippen LogP contribution in [0.1, 0.15) is 6.92 Å². The van der Waals surface area contributed by atoms with Gasteiger partial charge in [-0.3, -0.25) is 4.79 Å². The zero-order chi connectivity index (χ0) is 12.8. The molecule has 6 heteroatoms. The lowest BCUT2D eigenvalue weighted by Crippen LogP contribution is -2.92. The summed E-state index contributed by atoms with van der Waals surface area (Å²) in [6, 6.07) is 4.60. The molecule has 0 aliphatic carbocycles. The van der Waals surface area contributed by atoms with Gasteiger partial charge in [-0.15, -0.1) is 0 Å². The highest BCUT2D eigenvalue weighted by Crippen LogP contribution is 2.25. The van der Waals surface area contributed by atoms with Crippen molar-refractivity contribution in [1.82, 2.24) is 0 Å². The number of hydrogen-bond acceptors (Lipinski definition) is 2. The first-order valence-corrected chi connectivity index (χ1v) is 6.00. The SMILES string of the molecule is C[C@@H]([NH2+]CCO)C(=O)Nc1ccc(Cl)cc1Cl. The number of halogens is 2. The van der Waals surface area contributed by atoms with E-state index in [-0.39, 0.29) is 18.6 Å². The third-order valence-electron chi connectivity index (χ3n) is 2.25. The van der Waals surface area contributed by atoms with E-state index in [1.54, 1.807) is 30.4 Å². The van der Waals surface area contributed by atoms with Crippen LogP contribution in [0.4, 0.5) is 5.69 Å². The lowest BCUT2D eigenvalue weighted by molar-refractivity contribution is -0.674. The summed E-state index contributed by atoms with van der Waals surface area (Å²) in [5, 5.41) is 14.0. The maximum Gasteiger partial charge on any atom is 0.282 e. The molecular weight excluding hydrogens is 263 g/mol. The van der Waals surface area contributed by atoms with Crippen molar-refractivity contribution in [3.8, 4) is 0 Å². The molecule has 0 fully saturated rings. The molecule has 4 nitrogen and oxygen atoms in total. The highest BCUT2D eigenvalue weighted by molar-refractivity contribution is 6.36. The number of aliphatic hydroxyl groups is 1. The van der Waals surface area contributed by atoms with Gasteiger partial charge in [0.1, 0.15) is 0 Å². The molecule has 1 amide bonds. The minimum Gasteiger partial charge on any atom is -0.391 e. The monoisotopic (exact) mass is 277 g/mol. The fourth-order valence-electron chi connectivity index (χ4n) is 1.27. The molecule has 0 aromatic heterocycles. The molecule has 0 aliphatic heterocycles. The van der Waals surface area contributed by atoms with E-state index in [9.17, 15) is 4.79 Å². The number of carbonyl (C=O) groups is 1. The molecule has 4 N–H and O–H groups in total. The Morgan fingerprint density at radius 3 is 2.82 bits per heavy atom. The van der Waals surface area contributed by atoms with Crippen molar-refractivity contribution in [1.29, 1.82) is 0 Å². The summed E-state index contributed by atoms with van der Waals surface area (Å²) in [4.78, 5) is 11.7. The van der Waals surface area contributed by atoms with Crippen molar-refractivity contribution in [2.24, 2.45) is 0 Å². The Bertz CT molecular complexity index is 399. The van der Waals surface area contributed by atoms with Gasteiger partial charge in [-0.25, -0.2) is 0 Å². The van der Waals surface area contributed by atoms with Crippen LogP contribution in [0.15, 0.2) is 18.2 Å². The van der Waals surface area contributed by atoms with E-state index in [2.05, 4.69) is 5.32 Å². The van der Waals surface area contributed by atoms with Crippen LogP contribution in [0.25, 0.3) is 0 Å². The summed E-state index contributed by atoms with van der Waals surface area (Å²) < 4.78 is 0. The van der Waals surface area contributed by atoms with E-state index in [0.717, 1.165) is 0 Å². The molecule has 1 rings (SSSR count). The molecule has 0 unspecified atom stereocenters. The van der Waals surface area contributed by atoms with E-state index in [1.165, 1.54) is 0 Å².